The van der Waals surface area contributed by atoms with Gasteiger partial charge in [-0.3, -0.25) is 4.79 Å². The van der Waals surface area contributed by atoms with E-state index in [9.17, 15) is 23.6 Å². The topological polar surface area (TPSA) is 131 Å². The highest BCUT2D eigenvalue weighted by molar-refractivity contribution is 6.06. The number of hydrogen-bond acceptors (Lipinski definition) is 7. The second-order valence-electron chi connectivity index (χ2n) is 8.97. The SMILES string of the molecule is COc1ccc(-c2c(-c3ccc(C#N)c(F)c3)nc(N3CCC(OC(N)=O)CC3)c3c2CNC3=O)cc1F. The number of hydrogen-bond donors (Lipinski definition) is 2. The number of nitrogens with zero attached hydrogens (tertiary/aromatic N) is 3. The number of amides is 2. The van der Waals surface area contributed by atoms with Crippen LogP contribution in [-0.2, 0) is 11.3 Å². The lowest BCUT2D eigenvalue weighted by atomic mass is 9.91. The lowest BCUT2D eigenvalue weighted by Crippen LogP contribution is -2.40. The molecule has 0 aliphatic carbocycles. The van der Waals surface area contributed by atoms with Crippen molar-refractivity contribution in [3.8, 4) is 34.2 Å². The summed E-state index contributed by atoms with van der Waals surface area (Å²) >= 11 is 0. The smallest absolute Gasteiger partial charge is 0.404 e. The number of nitriles is 1. The fourth-order valence-corrected chi connectivity index (χ4v) is 4.97. The molecule has 0 spiro atoms. The Kier molecular flexibility index (Phi) is 6.55. The van der Waals surface area contributed by atoms with E-state index in [0.29, 0.717) is 65.3 Å². The Bertz CT molecular complexity index is 1500. The van der Waals surface area contributed by atoms with Crippen LogP contribution in [0.25, 0.3) is 22.4 Å². The fourth-order valence-electron chi connectivity index (χ4n) is 4.97. The van der Waals surface area contributed by atoms with E-state index in [1.54, 1.807) is 18.2 Å². The molecule has 3 N–H and O–H groups in total. The summed E-state index contributed by atoms with van der Waals surface area (Å²) < 4.78 is 39.7. The van der Waals surface area contributed by atoms with Crippen LogP contribution in [0.1, 0.15) is 34.3 Å². The Labute approximate surface area is 216 Å². The Hall–Kier alpha value is -4.72. The fraction of sp³-hybridized carbons (Fsp3) is 0.259. The van der Waals surface area contributed by atoms with Crippen molar-refractivity contribution in [1.29, 1.82) is 5.26 Å². The summed E-state index contributed by atoms with van der Waals surface area (Å²) in [5.41, 5.74) is 7.58. The van der Waals surface area contributed by atoms with E-state index in [-0.39, 0.29) is 29.9 Å². The van der Waals surface area contributed by atoms with Crippen molar-refractivity contribution in [1.82, 2.24) is 10.3 Å². The van der Waals surface area contributed by atoms with Gasteiger partial charge >= 0.3 is 6.09 Å². The molecule has 0 radical (unpaired) electrons. The average Bonchev–Trinajstić information content (AvgIpc) is 3.29. The molecule has 38 heavy (non-hydrogen) atoms. The van der Waals surface area contributed by atoms with E-state index in [0.717, 1.165) is 0 Å². The number of carbonyl (C=O) groups excluding carboxylic acids is 2. The summed E-state index contributed by atoms with van der Waals surface area (Å²) in [6.45, 7) is 1.03. The number of nitrogens with one attached hydrogen (secondary N) is 1. The molecule has 11 heteroatoms. The molecule has 0 atom stereocenters. The number of carbonyl (C=O) groups is 2. The predicted molar refractivity (Wildman–Crippen MR) is 133 cm³/mol. The van der Waals surface area contributed by atoms with Crippen LogP contribution in [0, 0.1) is 23.0 Å². The van der Waals surface area contributed by atoms with E-state index >= 15 is 0 Å². The third-order valence-electron chi connectivity index (χ3n) is 6.76. The normalized spacial score (nSPS) is 15.0. The van der Waals surface area contributed by atoms with Crippen molar-refractivity contribution in [3.05, 3.63) is 64.7 Å². The molecule has 1 aromatic heterocycles. The third-order valence-corrected chi connectivity index (χ3v) is 6.76. The molecule has 0 unspecified atom stereocenters. The first-order chi connectivity index (χ1) is 18.3. The van der Waals surface area contributed by atoms with Crippen molar-refractivity contribution >= 4 is 17.8 Å². The van der Waals surface area contributed by atoms with Crippen molar-refractivity contribution in [3.63, 3.8) is 0 Å². The van der Waals surface area contributed by atoms with Gasteiger partial charge in [0.1, 0.15) is 23.8 Å². The highest BCUT2D eigenvalue weighted by Crippen LogP contribution is 2.42. The van der Waals surface area contributed by atoms with Crippen LogP contribution in [0.3, 0.4) is 0 Å². The van der Waals surface area contributed by atoms with Crippen molar-refractivity contribution in [2.75, 3.05) is 25.1 Å². The number of benzene rings is 2. The number of pyridine rings is 1. The third kappa shape index (κ3) is 4.45. The largest absolute Gasteiger partial charge is 0.494 e. The average molecular weight is 520 g/mol. The van der Waals surface area contributed by atoms with Gasteiger partial charge in [-0.2, -0.15) is 5.26 Å². The minimum Gasteiger partial charge on any atom is -0.494 e. The number of anilines is 1. The second kappa shape index (κ2) is 9.97. The van der Waals surface area contributed by atoms with Gasteiger partial charge in [0.05, 0.1) is 23.9 Å². The van der Waals surface area contributed by atoms with E-state index < -0.39 is 17.7 Å². The van der Waals surface area contributed by atoms with Crippen LogP contribution < -0.4 is 20.7 Å². The maximum absolute atomic E-state index is 14.8. The van der Waals surface area contributed by atoms with Crippen molar-refractivity contribution < 1.29 is 27.8 Å². The molecular formula is C27H23F2N5O4. The standard InChI is InChI=1S/C27H23F2N5O4/c1-37-21-5-4-14(10-20(21)29)22-18-13-32-26(35)23(18)25(34-8-6-17(7-9-34)38-27(31)36)33-24(22)15-2-3-16(12-30)19(28)11-15/h2-5,10-11,17H,6-9,13H2,1H3,(H2,31,36)(H,32,35). The van der Waals surface area contributed by atoms with Gasteiger partial charge in [-0.15, -0.1) is 0 Å². The Morgan fingerprint density at radius 1 is 1.13 bits per heavy atom. The van der Waals surface area contributed by atoms with Gasteiger partial charge < -0.3 is 25.4 Å². The summed E-state index contributed by atoms with van der Waals surface area (Å²) in [5.74, 6) is -1.21. The number of rotatable bonds is 5. The molecule has 1 fully saturated rings. The summed E-state index contributed by atoms with van der Waals surface area (Å²) in [6, 6.07) is 10.3. The van der Waals surface area contributed by atoms with E-state index in [2.05, 4.69) is 5.32 Å². The molecule has 194 valence electrons. The highest BCUT2D eigenvalue weighted by Gasteiger charge is 2.34. The number of aromatic nitrogens is 1. The number of fused-ring (bicyclic) bond motifs is 1. The maximum Gasteiger partial charge on any atom is 0.404 e. The zero-order chi connectivity index (χ0) is 27.0. The minimum atomic E-state index is -0.844. The van der Waals surface area contributed by atoms with Gasteiger partial charge in [0.15, 0.2) is 11.6 Å². The summed E-state index contributed by atoms with van der Waals surface area (Å²) in [6.07, 6.45) is -0.233. The zero-order valence-corrected chi connectivity index (χ0v) is 20.4. The highest BCUT2D eigenvalue weighted by atomic mass is 19.1. The number of methoxy groups -OCH3 is 1. The molecule has 2 aromatic carbocycles. The van der Waals surface area contributed by atoms with Crippen LogP contribution in [0.4, 0.5) is 19.4 Å². The number of nitrogens with two attached hydrogens (primary N) is 1. The predicted octanol–water partition coefficient (Wildman–Crippen LogP) is 3.88. The molecule has 2 aliphatic heterocycles. The van der Waals surface area contributed by atoms with Gasteiger partial charge in [-0.1, -0.05) is 12.1 Å². The van der Waals surface area contributed by atoms with Crippen LogP contribution in [0.15, 0.2) is 36.4 Å². The molecule has 9 nitrogen and oxygen atoms in total. The lowest BCUT2D eigenvalue weighted by Gasteiger charge is -2.33. The quantitative estimate of drug-likeness (QED) is 0.523. The van der Waals surface area contributed by atoms with Gasteiger partial charge in [-0.05, 0) is 35.4 Å². The van der Waals surface area contributed by atoms with Crippen LogP contribution in [0.5, 0.6) is 5.75 Å². The van der Waals surface area contributed by atoms with Crippen LogP contribution in [0.2, 0.25) is 0 Å². The zero-order valence-electron chi connectivity index (χ0n) is 20.4. The van der Waals surface area contributed by atoms with Gasteiger partial charge in [0, 0.05) is 43.6 Å². The van der Waals surface area contributed by atoms with Gasteiger partial charge in [0.25, 0.3) is 5.91 Å². The molecule has 0 saturated carbocycles. The van der Waals surface area contributed by atoms with E-state index in [1.165, 1.54) is 31.4 Å². The first-order valence-corrected chi connectivity index (χ1v) is 11.9. The molecular weight excluding hydrogens is 496 g/mol. The lowest BCUT2D eigenvalue weighted by molar-refractivity contribution is 0.0911. The van der Waals surface area contributed by atoms with Gasteiger partial charge in [-0.25, -0.2) is 18.6 Å². The molecule has 3 heterocycles. The molecule has 3 aromatic rings. The molecule has 2 aliphatic rings. The Morgan fingerprint density at radius 2 is 1.84 bits per heavy atom. The summed E-state index contributed by atoms with van der Waals surface area (Å²) in [4.78, 5) is 30.9. The number of piperidine rings is 1. The van der Waals surface area contributed by atoms with Crippen molar-refractivity contribution in [2.45, 2.75) is 25.5 Å². The van der Waals surface area contributed by atoms with Crippen LogP contribution >= 0.6 is 0 Å². The number of halogens is 2. The summed E-state index contributed by atoms with van der Waals surface area (Å²) in [7, 11) is 1.36. The minimum absolute atomic E-state index is 0.0520. The molecule has 0 bridgehead atoms. The van der Waals surface area contributed by atoms with Crippen LogP contribution in [-0.4, -0.2) is 43.3 Å². The summed E-state index contributed by atoms with van der Waals surface area (Å²) in [5, 5.41) is 12.0. The molecule has 1 saturated heterocycles. The second-order valence-corrected chi connectivity index (χ2v) is 8.97. The Balaban J connectivity index is 1.70. The maximum atomic E-state index is 14.8. The van der Waals surface area contributed by atoms with E-state index in [1.807, 2.05) is 4.90 Å². The Morgan fingerprint density at radius 3 is 2.47 bits per heavy atom. The number of primary amides is 1. The first-order valence-electron chi connectivity index (χ1n) is 11.9. The molecule has 5 rings (SSSR count). The number of ether oxygens (including phenoxy) is 2. The monoisotopic (exact) mass is 519 g/mol. The first kappa shape index (κ1) is 25.0. The van der Waals surface area contributed by atoms with Gasteiger partial charge in [0.2, 0.25) is 0 Å². The molecule has 2 amide bonds. The van der Waals surface area contributed by atoms with E-state index in [4.69, 9.17) is 20.2 Å². The van der Waals surface area contributed by atoms with Crippen molar-refractivity contribution in [2.24, 2.45) is 5.73 Å².